The molecular weight excluding hydrogens is 312 g/mol. The molecule has 0 heterocycles. The van der Waals surface area contributed by atoms with Crippen molar-refractivity contribution in [1.82, 2.24) is 0 Å². The summed E-state index contributed by atoms with van der Waals surface area (Å²) in [6, 6.07) is 17.6. The maximum Gasteiger partial charge on any atom is 0.0722 e. The van der Waals surface area contributed by atoms with Crippen molar-refractivity contribution in [2.45, 2.75) is 26.2 Å². The Morgan fingerprint density at radius 2 is 1.42 bits per heavy atom. The first kappa shape index (κ1) is 16.6. The summed E-state index contributed by atoms with van der Waals surface area (Å²) in [5.41, 5.74) is 10.4. The Labute approximate surface area is 156 Å². The van der Waals surface area contributed by atoms with Crippen molar-refractivity contribution >= 4 is 11.1 Å². The van der Waals surface area contributed by atoms with Gasteiger partial charge in [0.1, 0.15) is 0 Å². The second-order valence-corrected chi connectivity index (χ2v) is 6.78. The lowest BCUT2D eigenvalue weighted by atomic mass is 9.69. The van der Waals surface area contributed by atoms with Crippen molar-refractivity contribution in [1.29, 1.82) is 0 Å². The predicted molar refractivity (Wildman–Crippen MR) is 113 cm³/mol. The van der Waals surface area contributed by atoms with Gasteiger partial charge < -0.3 is 0 Å². The maximum atomic E-state index is 4.15. The van der Waals surface area contributed by atoms with Crippen LogP contribution in [0.25, 0.3) is 11.1 Å². The van der Waals surface area contributed by atoms with Gasteiger partial charge in [0.2, 0.25) is 0 Å². The van der Waals surface area contributed by atoms with Crippen LogP contribution in [0.1, 0.15) is 43.0 Å². The first-order chi connectivity index (χ1) is 12.7. The molecule has 26 heavy (non-hydrogen) atoms. The summed E-state index contributed by atoms with van der Waals surface area (Å²) in [5, 5.41) is 0. The van der Waals surface area contributed by atoms with Crippen LogP contribution in [-0.2, 0) is 5.41 Å². The summed E-state index contributed by atoms with van der Waals surface area (Å²) in [6.07, 6.45) is 11.0. The van der Waals surface area contributed by atoms with Crippen molar-refractivity contribution in [2.75, 3.05) is 0 Å². The van der Waals surface area contributed by atoms with Gasteiger partial charge in [-0.25, -0.2) is 0 Å². The molecule has 0 radical (unpaired) electrons. The van der Waals surface area contributed by atoms with Crippen LogP contribution >= 0.6 is 0 Å². The summed E-state index contributed by atoms with van der Waals surface area (Å²) in [7, 11) is 0. The number of benzene rings is 2. The van der Waals surface area contributed by atoms with Crippen LogP contribution in [0.3, 0.4) is 0 Å². The number of rotatable bonds is 2. The largest absolute Gasteiger partial charge is 0.0984 e. The minimum atomic E-state index is -0.250. The number of fused-ring (bicyclic) bond motifs is 4. The molecule has 0 nitrogen and oxygen atoms in total. The van der Waals surface area contributed by atoms with E-state index in [9.17, 15) is 0 Å². The Kier molecular flexibility index (Phi) is 3.92. The molecule has 2 aromatic carbocycles. The van der Waals surface area contributed by atoms with Gasteiger partial charge in [-0.1, -0.05) is 85.5 Å². The molecule has 1 unspecified atom stereocenters. The molecule has 0 aromatic heterocycles. The number of hydrogen-bond donors (Lipinski definition) is 0. The standard InChI is InChI=1S/C26H24/c1-5-13-23-19(7-3)21-15-10-12-17-25(21)26(23)22(8-4)18(6-2)20-14-9-11-16-24(20)26/h5-17H,3H2,1-2,4H3/b13-5-,18-6-,22-8+. The second-order valence-electron chi connectivity index (χ2n) is 6.78. The van der Waals surface area contributed by atoms with Gasteiger partial charge in [0.05, 0.1) is 5.41 Å². The molecular formula is C26H24. The molecule has 0 heteroatoms. The molecule has 0 amide bonds. The minimum Gasteiger partial charge on any atom is -0.0984 e. The van der Waals surface area contributed by atoms with Crippen LogP contribution in [0.15, 0.2) is 96.6 Å². The fraction of sp³-hybridized carbons (Fsp3) is 0.154. The molecule has 2 aliphatic rings. The van der Waals surface area contributed by atoms with E-state index in [1.807, 2.05) is 6.08 Å². The third-order valence-corrected chi connectivity index (χ3v) is 5.75. The topological polar surface area (TPSA) is 0 Å². The fourth-order valence-corrected chi connectivity index (χ4v) is 4.94. The van der Waals surface area contributed by atoms with Gasteiger partial charge in [-0.15, -0.1) is 0 Å². The smallest absolute Gasteiger partial charge is 0.0722 e. The van der Waals surface area contributed by atoms with E-state index in [1.165, 1.54) is 44.5 Å². The highest BCUT2D eigenvalue weighted by Crippen LogP contribution is 2.62. The third-order valence-electron chi connectivity index (χ3n) is 5.75. The molecule has 0 saturated carbocycles. The summed E-state index contributed by atoms with van der Waals surface area (Å²) >= 11 is 0. The average Bonchev–Trinajstić information content (AvgIpc) is 3.13. The van der Waals surface area contributed by atoms with Crippen LogP contribution < -0.4 is 0 Å². The first-order valence-electron chi connectivity index (χ1n) is 9.28. The van der Waals surface area contributed by atoms with E-state index in [1.54, 1.807) is 0 Å². The van der Waals surface area contributed by atoms with Gasteiger partial charge >= 0.3 is 0 Å². The minimum absolute atomic E-state index is 0.250. The number of hydrogen-bond acceptors (Lipinski definition) is 0. The molecule has 1 atom stereocenters. The molecule has 0 N–H and O–H groups in total. The average molecular weight is 336 g/mol. The van der Waals surface area contributed by atoms with Gasteiger partial charge in [0.15, 0.2) is 0 Å². The Balaban J connectivity index is 2.25. The molecule has 2 aliphatic carbocycles. The lowest BCUT2D eigenvalue weighted by Crippen LogP contribution is -2.26. The van der Waals surface area contributed by atoms with Crippen LogP contribution in [0.4, 0.5) is 0 Å². The summed E-state index contributed by atoms with van der Waals surface area (Å²) in [6.45, 7) is 10.5. The highest BCUT2D eigenvalue weighted by molar-refractivity contribution is 6.01. The van der Waals surface area contributed by atoms with E-state index < -0.39 is 0 Å². The Morgan fingerprint density at radius 1 is 0.808 bits per heavy atom. The van der Waals surface area contributed by atoms with Gasteiger partial charge in [-0.05, 0) is 65.3 Å². The zero-order valence-corrected chi connectivity index (χ0v) is 15.7. The second kappa shape index (κ2) is 6.14. The van der Waals surface area contributed by atoms with E-state index in [-0.39, 0.29) is 5.41 Å². The highest BCUT2D eigenvalue weighted by Gasteiger charge is 2.52. The molecule has 0 bridgehead atoms. The normalized spacial score (nSPS) is 24.1. The monoisotopic (exact) mass is 336 g/mol. The Bertz CT molecular complexity index is 1020. The van der Waals surface area contributed by atoms with E-state index in [2.05, 4.69) is 100 Å². The van der Waals surface area contributed by atoms with Crippen molar-refractivity contribution in [3.8, 4) is 0 Å². The van der Waals surface area contributed by atoms with Crippen molar-refractivity contribution in [3.63, 3.8) is 0 Å². The van der Waals surface area contributed by atoms with Crippen molar-refractivity contribution in [3.05, 3.63) is 119 Å². The molecule has 128 valence electrons. The summed E-state index contributed by atoms with van der Waals surface area (Å²) in [5.74, 6) is 0. The molecule has 0 aliphatic heterocycles. The summed E-state index contributed by atoms with van der Waals surface area (Å²) < 4.78 is 0. The van der Waals surface area contributed by atoms with Crippen LogP contribution in [-0.4, -0.2) is 0 Å². The lowest BCUT2D eigenvalue weighted by molar-refractivity contribution is 0.785. The van der Waals surface area contributed by atoms with Crippen molar-refractivity contribution in [2.24, 2.45) is 0 Å². The molecule has 1 spiro atoms. The van der Waals surface area contributed by atoms with Crippen LogP contribution in [0.5, 0.6) is 0 Å². The molecule has 0 saturated heterocycles. The predicted octanol–water partition coefficient (Wildman–Crippen LogP) is 6.87. The molecule has 2 aromatic rings. The van der Waals surface area contributed by atoms with Crippen LogP contribution in [0.2, 0.25) is 0 Å². The zero-order chi connectivity index (χ0) is 18.3. The Hall–Kier alpha value is -2.86. The first-order valence-corrected chi connectivity index (χ1v) is 9.28. The fourth-order valence-electron chi connectivity index (χ4n) is 4.94. The maximum absolute atomic E-state index is 4.15. The van der Waals surface area contributed by atoms with Gasteiger partial charge in [0.25, 0.3) is 0 Å². The van der Waals surface area contributed by atoms with Gasteiger partial charge in [-0.2, -0.15) is 0 Å². The van der Waals surface area contributed by atoms with E-state index >= 15 is 0 Å². The highest BCUT2D eigenvalue weighted by atomic mass is 14.5. The van der Waals surface area contributed by atoms with Crippen molar-refractivity contribution < 1.29 is 0 Å². The molecule has 4 rings (SSSR count). The molecule has 0 fully saturated rings. The third kappa shape index (κ3) is 1.85. The quantitative estimate of drug-likeness (QED) is 0.561. The summed E-state index contributed by atoms with van der Waals surface area (Å²) in [4.78, 5) is 0. The van der Waals surface area contributed by atoms with Crippen LogP contribution in [0, 0.1) is 0 Å². The van der Waals surface area contributed by atoms with E-state index in [4.69, 9.17) is 0 Å². The number of allylic oxidation sites excluding steroid dienone is 9. The van der Waals surface area contributed by atoms with E-state index in [0.717, 1.165) is 0 Å². The van der Waals surface area contributed by atoms with E-state index in [0.29, 0.717) is 0 Å². The Morgan fingerprint density at radius 3 is 2.00 bits per heavy atom. The van der Waals surface area contributed by atoms with Gasteiger partial charge in [-0.3, -0.25) is 0 Å². The lowest BCUT2D eigenvalue weighted by Gasteiger charge is -2.32. The SMILES string of the molecule is C=CC1=C(/C=C\C)C2(C(=C/C)/C(=C\C)c3ccccc32)c2ccccc21. The zero-order valence-electron chi connectivity index (χ0n) is 15.7. The van der Waals surface area contributed by atoms with Gasteiger partial charge in [0, 0.05) is 0 Å².